The van der Waals surface area contributed by atoms with Crippen LogP contribution in [0.5, 0.6) is 0 Å². The highest BCUT2D eigenvalue weighted by Gasteiger charge is 2.18. The van der Waals surface area contributed by atoms with Gasteiger partial charge in [-0.15, -0.1) is 0 Å². The predicted octanol–water partition coefficient (Wildman–Crippen LogP) is 1.09. The second-order valence-electron chi connectivity index (χ2n) is 4.54. The Kier molecular flexibility index (Phi) is 5.39. The number of carbonyl (C=O) groups excluding carboxylic acids is 1. The van der Waals surface area contributed by atoms with Gasteiger partial charge in [0.05, 0.1) is 30.5 Å². The van der Waals surface area contributed by atoms with E-state index < -0.39 is 15.8 Å². The number of ether oxygens (including phenoxy) is 1. The zero-order chi connectivity index (χ0) is 16.2. The quantitative estimate of drug-likeness (QED) is 0.619. The third-order valence-corrected chi connectivity index (χ3v) is 4.82. The molecule has 2 aromatic rings. The molecule has 0 radical (unpaired) electrons. The van der Waals surface area contributed by atoms with Crippen molar-refractivity contribution < 1.29 is 19.4 Å². The molecule has 1 unspecified atom stereocenters. The molecule has 2 rings (SSSR count). The Hall–Kier alpha value is -1.63. The van der Waals surface area contributed by atoms with Crippen LogP contribution in [0.3, 0.4) is 0 Å². The summed E-state index contributed by atoms with van der Waals surface area (Å²) in [5.41, 5.74) is 1.29. The Morgan fingerprint density at radius 2 is 2.23 bits per heavy atom. The van der Waals surface area contributed by atoms with Crippen LogP contribution in [0.2, 0.25) is 0 Å². The summed E-state index contributed by atoms with van der Waals surface area (Å²) >= 11 is 0. The van der Waals surface area contributed by atoms with E-state index in [1.165, 1.54) is 13.2 Å². The standard InChI is InChI=1S/C13H16N3O4PS.H2/c1-20-13(17)4-5-22(18,19)12-3-2-9-7-14-10(8-15-21)6-11(9)16-12;/h2-3,6-7,15H,4-5,8,21H2,1H3;1H. The van der Waals surface area contributed by atoms with Crippen molar-refractivity contribution >= 4 is 36.1 Å². The van der Waals surface area contributed by atoms with E-state index in [1.54, 1.807) is 18.3 Å². The van der Waals surface area contributed by atoms with Crippen molar-refractivity contribution in [2.45, 2.75) is 18.0 Å². The van der Waals surface area contributed by atoms with Gasteiger partial charge in [-0.25, -0.2) is 13.4 Å². The molecule has 2 heterocycles. The van der Waals surface area contributed by atoms with E-state index in [9.17, 15) is 13.2 Å². The van der Waals surface area contributed by atoms with E-state index in [0.29, 0.717) is 12.1 Å². The first kappa shape index (κ1) is 16.7. The molecular weight excluding hydrogens is 325 g/mol. The number of carbonyl (C=O) groups is 1. The van der Waals surface area contributed by atoms with Crippen molar-refractivity contribution in [3.05, 3.63) is 30.1 Å². The first-order valence-corrected chi connectivity index (χ1v) is 8.68. The van der Waals surface area contributed by atoms with Gasteiger partial charge in [0.1, 0.15) is 0 Å². The van der Waals surface area contributed by atoms with Crippen molar-refractivity contribution in [1.29, 1.82) is 0 Å². The molecule has 7 nitrogen and oxygen atoms in total. The lowest BCUT2D eigenvalue weighted by atomic mass is 10.2. The fourth-order valence-corrected chi connectivity index (χ4v) is 3.20. The number of hydrogen-bond donors (Lipinski definition) is 1. The molecule has 0 saturated heterocycles. The number of nitrogens with one attached hydrogen (secondary N) is 1. The SMILES string of the molecule is COC(=O)CCS(=O)(=O)c1ccc2cnc(CNP)cc2n1.[HH]. The van der Waals surface area contributed by atoms with E-state index in [4.69, 9.17) is 0 Å². The van der Waals surface area contributed by atoms with Gasteiger partial charge in [-0.05, 0) is 18.2 Å². The molecule has 2 aromatic heterocycles. The van der Waals surface area contributed by atoms with Crippen molar-refractivity contribution in [1.82, 2.24) is 15.1 Å². The lowest BCUT2D eigenvalue weighted by Gasteiger charge is -2.06. The van der Waals surface area contributed by atoms with Crippen molar-refractivity contribution in [2.24, 2.45) is 0 Å². The van der Waals surface area contributed by atoms with Crippen LogP contribution in [-0.2, 0) is 25.9 Å². The lowest BCUT2D eigenvalue weighted by Crippen LogP contribution is -2.13. The number of hydrogen-bond acceptors (Lipinski definition) is 7. The van der Waals surface area contributed by atoms with E-state index in [-0.39, 0.29) is 18.6 Å². The number of pyridine rings is 2. The highest BCUT2D eigenvalue weighted by atomic mass is 32.2. The summed E-state index contributed by atoms with van der Waals surface area (Å²) in [4.78, 5) is 19.5. The molecule has 1 N–H and O–H groups in total. The molecule has 120 valence electrons. The highest BCUT2D eigenvalue weighted by Crippen LogP contribution is 2.17. The first-order chi connectivity index (χ1) is 10.5. The summed E-state index contributed by atoms with van der Waals surface area (Å²) < 4.78 is 28.9. The highest BCUT2D eigenvalue weighted by molar-refractivity contribution is 7.91. The summed E-state index contributed by atoms with van der Waals surface area (Å²) in [7, 11) is -0.0428. The Balaban J connectivity index is 0.00000264. The average Bonchev–Trinajstić information content (AvgIpc) is 2.52. The van der Waals surface area contributed by atoms with Gasteiger partial charge in [0.25, 0.3) is 0 Å². The molecule has 0 amide bonds. The molecule has 0 fully saturated rings. The molecule has 0 aliphatic heterocycles. The fraction of sp³-hybridized carbons (Fsp3) is 0.308. The van der Waals surface area contributed by atoms with Gasteiger partial charge >= 0.3 is 5.97 Å². The Labute approximate surface area is 132 Å². The monoisotopic (exact) mass is 343 g/mol. The molecular formula is C13H18N3O4PS. The van der Waals surface area contributed by atoms with Crippen molar-refractivity contribution in [2.75, 3.05) is 12.9 Å². The molecule has 0 saturated carbocycles. The predicted molar refractivity (Wildman–Crippen MR) is 86.9 cm³/mol. The van der Waals surface area contributed by atoms with E-state index >= 15 is 0 Å². The Bertz CT molecular complexity index is 801. The maximum atomic E-state index is 12.2. The van der Waals surface area contributed by atoms with Gasteiger partial charge in [0.2, 0.25) is 0 Å². The van der Waals surface area contributed by atoms with Crippen molar-refractivity contribution in [3.63, 3.8) is 0 Å². The first-order valence-electron chi connectivity index (χ1n) is 6.45. The second-order valence-corrected chi connectivity index (χ2v) is 7.01. The van der Waals surface area contributed by atoms with Crippen LogP contribution in [0.4, 0.5) is 0 Å². The van der Waals surface area contributed by atoms with Crippen LogP contribution >= 0.6 is 9.39 Å². The number of aromatic nitrogens is 2. The number of nitrogens with zero attached hydrogens (tertiary/aromatic N) is 2. The summed E-state index contributed by atoms with van der Waals surface area (Å²) in [5, 5.41) is 3.58. The molecule has 0 bridgehead atoms. The minimum absolute atomic E-state index is 0. The van der Waals surface area contributed by atoms with E-state index in [0.717, 1.165) is 11.1 Å². The Morgan fingerprint density at radius 1 is 1.45 bits per heavy atom. The van der Waals surface area contributed by atoms with Crippen LogP contribution in [0, 0.1) is 0 Å². The second kappa shape index (κ2) is 7.09. The summed E-state index contributed by atoms with van der Waals surface area (Å²) in [6.07, 6.45) is 1.45. The van der Waals surface area contributed by atoms with Crippen LogP contribution in [0.1, 0.15) is 13.5 Å². The maximum absolute atomic E-state index is 12.2. The van der Waals surface area contributed by atoms with E-state index in [1.807, 2.05) is 0 Å². The summed E-state index contributed by atoms with van der Waals surface area (Å²) in [5.74, 6) is -0.897. The topological polar surface area (TPSA) is 98.3 Å². The van der Waals surface area contributed by atoms with Gasteiger partial charge in [0, 0.05) is 19.6 Å². The fourth-order valence-electron chi connectivity index (χ4n) is 1.84. The number of fused-ring (bicyclic) bond motifs is 1. The zero-order valence-electron chi connectivity index (χ0n) is 11.9. The smallest absolute Gasteiger partial charge is 0.306 e. The average molecular weight is 343 g/mol. The van der Waals surface area contributed by atoms with Gasteiger partial charge < -0.3 is 4.74 Å². The van der Waals surface area contributed by atoms with Crippen LogP contribution in [0.15, 0.2) is 29.4 Å². The van der Waals surface area contributed by atoms with Crippen molar-refractivity contribution in [3.8, 4) is 0 Å². The molecule has 0 aliphatic rings. The number of esters is 1. The molecule has 0 spiro atoms. The zero-order valence-corrected chi connectivity index (χ0v) is 13.9. The number of sulfone groups is 1. The molecule has 0 aromatic carbocycles. The molecule has 0 aliphatic carbocycles. The third-order valence-electron chi connectivity index (χ3n) is 3.01. The van der Waals surface area contributed by atoms with Gasteiger partial charge in [0.15, 0.2) is 14.9 Å². The molecule has 1 atom stereocenters. The molecule has 22 heavy (non-hydrogen) atoms. The van der Waals surface area contributed by atoms with Crippen LogP contribution < -0.4 is 5.09 Å². The van der Waals surface area contributed by atoms with E-state index in [2.05, 4.69) is 29.2 Å². The summed E-state index contributed by atoms with van der Waals surface area (Å²) in [6.45, 7) is 0.529. The third kappa shape index (κ3) is 3.97. The number of rotatable bonds is 6. The number of methoxy groups -OCH3 is 1. The molecule has 9 heteroatoms. The Morgan fingerprint density at radius 3 is 2.91 bits per heavy atom. The lowest BCUT2D eigenvalue weighted by molar-refractivity contribution is -0.140. The van der Waals surface area contributed by atoms with Crippen LogP contribution in [-0.4, -0.2) is 37.2 Å². The minimum atomic E-state index is -3.63. The largest absolute Gasteiger partial charge is 0.469 e. The van der Waals surface area contributed by atoms with Gasteiger partial charge in [-0.3, -0.25) is 14.9 Å². The minimum Gasteiger partial charge on any atom is -0.469 e. The van der Waals surface area contributed by atoms with Gasteiger partial charge in [-0.2, -0.15) is 0 Å². The maximum Gasteiger partial charge on any atom is 0.306 e. The normalized spacial score (nSPS) is 11.5. The summed E-state index contributed by atoms with van der Waals surface area (Å²) in [6, 6.07) is 4.80. The van der Waals surface area contributed by atoms with Gasteiger partial charge in [-0.1, -0.05) is 9.39 Å². The van der Waals surface area contributed by atoms with Crippen LogP contribution in [0.25, 0.3) is 10.9 Å².